The molecule has 0 atom stereocenters. The van der Waals surface area contributed by atoms with Crippen LogP contribution < -0.4 is 0 Å². The van der Waals surface area contributed by atoms with E-state index < -0.39 is 0 Å². The summed E-state index contributed by atoms with van der Waals surface area (Å²) in [5.41, 5.74) is 1.83. The number of fused-ring (bicyclic) bond motifs is 1. The zero-order chi connectivity index (χ0) is 14.5. The molecule has 0 aliphatic carbocycles. The van der Waals surface area contributed by atoms with Gasteiger partial charge in [0.1, 0.15) is 5.69 Å². The Morgan fingerprint density at radius 2 is 2.00 bits per heavy atom. The normalized spacial score (nSPS) is 11.0. The van der Waals surface area contributed by atoms with Crippen molar-refractivity contribution in [3.63, 3.8) is 0 Å². The van der Waals surface area contributed by atoms with E-state index in [2.05, 4.69) is 9.97 Å². The second-order valence-electron chi connectivity index (χ2n) is 4.91. The molecule has 0 aliphatic heterocycles. The summed E-state index contributed by atoms with van der Waals surface area (Å²) < 4.78 is 0. The SMILES string of the molecule is CC(C)N(CCCO)C(=O)c1cnc2ccccc2n1. The lowest BCUT2D eigenvalue weighted by molar-refractivity contribution is 0.0687. The first-order valence-corrected chi connectivity index (χ1v) is 6.77. The van der Waals surface area contributed by atoms with Gasteiger partial charge in [-0.1, -0.05) is 12.1 Å². The fourth-order valence-corrected chi connectivity index (χ4v) is 2.04. The standard InChI is InChI=1S/C15H19N3O2/c1-11(2)18(8-5-9-19)15(20)14-10-16-12-6-3-4-7-13(12)17-14/h3-4,6-7,10-11,19H,5,8-9H2,1-2H3. The fourth-order valence-electron chi connectivity index (χ4n) is 2.04. The number of carbonyl (C=O) groups excluding carboxylic acids is 1. The molecule has 0 saturated heterocycles. The molecule has 1 aromatic carbocycles. The molecule has 1 heterocycles. The smallest absolute Gasteiger partial charge is 0.274 e. The molecule has 1 aromatic heterocycles. The summed E-state index contributed by atoms with van der Waals surface area (Å²) >= 11 is 0. The van der Waals surface area contributed by atoms with E-state index in [1.807, 2.05) is 38.1 Å². The van der Waals surface area contributed by atoms with Gasteiger partial charge in [-0.3, -0.25) is 9.78 Å². The molecule has 1 amide bonds. The average Bonchev–Trinajstić information content (AvgIpc) is 2.46. The van der Waals surface area contributed by atoms with E-state index in [9.17, 15) is 4.79 Å². The number of aliphatic hydroxyl groups is 1. The van der Waals surface area contributed by atoms with E-state index in [4.69, 9.17) is 5.11 Å². The highest BCUT2D eigenvalue weighted by atomic mass is 16.3. The first-order chi connectivity index (χ1) is 9.63. The molecule has 0 unspecified atom stereocenters. The number of hydrogen-bond donors (Lipinski definition) is 1. The van der Waals surface area contributed by atoms with Gasteiger partial charge in [-0.15, -0.1) is 0 Å². The minimum Gasteiger partial charge on any atom is -0.396 e. The Hall–Kier alpha value is -2.01. The van der Waals surface area contributed by atoms with Crippen LogP contribution in [-0.2, 0) is 0 Å². The maximum atomic E-state index is 12.5. The Bertz CT molecular complexity index is 598. The van der Waals surface area contributed by atoms with Gasteiger partial charge >= 0.3 is 0 Å². The van der Waals surface area contributed by atoms with Crippen LogP contribution in [0.4, 0.5) is 0 Å². The molecule has 0 bridgehead atoms. The van der Waals surface area contributed by atoms with Gasteiger partial charge in [-0.2, -0.15) is 0 Å². The van der Waals surface area contributed by atoms with Crippen molar-refractivity contribution < 1.29 is 9.90 Å². The number of nitrogens with zero attached hydrogens (tertiary/aromatic N) is 3. The first-order valence-electron chi connectivity index (χ1n) is 6.77. The Labute approximate surface area is 118 Å². The third kappa shape index (κ3) is 3.11. The lowest BCUT2D eigenvalue weighted by Gasteiger charge is -2.26. The molecule has 0 fully saturated rings. The molecule has 106 valence electrons. The van der Waals surface area contributed by atoms with Gasteiger partial charge in [0.25, 0.3) is 5.91 Å². The number of benzene rings is 1. The Balaban J connectivity index is 2.28. The van der Waals surface area contributed by atoms with Crippen molar-refractivity contribution in [2.75, 3.05) is 13.2 Å². The molecule has 2 aromatic rings. The van der Waals surface area contributed by atoms with Crippen molar-refractivity contribution in [1.29, 1.82) is 0 Å². The van der Waals surface area contributed by atoms with Crippen LogP contribution in [0.2, 0.25) is 0 Å². The molecule has 0 spiro atoms. The van der Waals surface area contributed by atoms with E-state index in [0.29, 0.717) is 24.2 Å². The summed E-state index contributed by atoms with van der Waals surface area (Å²) in [6.07, 6.45) is 2.07. The zero-order valence-corrected chi connectivity index (χ0v) is 11.8. The maximum absolute atomic E-state index is 12.5. The second kappa shape index (κ2) is 6.43. The molecule has 20 heavy (non-hydrogen) atoms. The summed E-state index contributed by atoms with van der Waals surface area (Å²) in [6.45, 7) is 4.48. The summed E-state index contributed by atoms with van der Waals surface area (Å²) in [7, 11) is 0. The van der Waals surface area contributed by atoms with Crippen LogP contribution in [0.5, 0.6) is 0 Å². The molecule has 2 rings (SSSR count). The summed E-state index contributed by atoms with van der Waals surface area (Å²) in [4.78, 5) is 22.8. The lowest BCUT2D eigenvalue weighted by atomic mass is 10.2. The average molecular weight is 273 g/mol. The predicted molar refractivity (Wildman–Crippen MR) is 77.4 cm³/mol. The number of aromatic nitrogens is 2. The van der Waals surface area contributed by atoms with Crippen molar-refractivity contribution in [1.82, 2.24) is 14.9 Å². The highest BCUT2D eigenvalue weighted by molar-refractivity contribution is 5.94. The number of aliphatic hydroxyl groups excluding tert-OH is 1. The quantitative estimate of drug-likeness (QED) is 0.903. The van der Waals surface area contributed by atoms with Crippen LogP contribution in [-0.4, -0.2) is 45.1 Å². The molecule has 0 saturated carbocycles. The number of amides is 1. The van der Waals surface area contributed by atoms with E-state index in [1.165, 1.54) is 6.20 Å². The van der Waals surface area contributed by atoms with Crippen molar-refractivity contribution in [2.24, 2.45) is 0 Å². The third-order valence-electron chi connectivity index (χ3n) is 3.11. The Kier molecular flexibility index (Phi) is 4.63. The zero-order valence-electron chi connectivity index (χ0n) is 11.8. The van der Waals surface area contributed by atoms with Gasteiger partial charge in [-0.25, -0.2) is 4.98 Å². The van der Waals surface area contributed by atoms with Crippen molar-refractivity contribution in [2.45, 2.75) is 26.3 Å². The molecular weight excluding hydrogens is 254 g/mol. The summed E-state index contributed by atoms with van der Waals surface area (Å²) in [6, 6.07) is 7.52. The van der Waals surface area contributed by atoms with E-state index >= 15 is 0 Å². The minimum atomic E-state index is -0.147. The highest BCUT2D eigenvalue weighted by Gasteiger charge is 2.20. The highest BCUT2D eigenvalue weighted by Crippen LogP contribution is 2.12. The second-order valence-corrected chi connectivity index (χ2v) is 4.91. The van der Waals surface area contributed by atoms with Gasteiger partial charge in [0.05, 0.1) is 17.2 Å². The predicted octanol–water partition coefficient (Wildman–Crippen LogP) is 1.86. The first kappa shape index (κ1) is 14.4. The summed E-state index contributed by atoms with van der Waals surface area (Å²) in [5.74, 6) is -0.147. The van der Waals surface area contributed by atoms with Crippen LogP contribution in [0.1, 0.15) is 30.8 Å². The lowest BCUT2D eigenvalue weighted by Crippen LogP contribution is -2.38. The summed E-state index contributed by atoms with van der Waals surface area (Å²) in [5, 5.41) is 8.92. The maximum Gasteiger partial charge on any atom is 0.274 e. The molecule has 0 radical (unpaired) electrons. The van der Waals surface area contributed by atoms with E-state index in [0.717, 1.165) is 5.52 Å². The third-order valence-corrected chi connectivity index (χ3v) is 3.11. The van der Waals surface area contributed by atoms with Gasteiger partial charge in [-0.05, 0) is 32.4 Å². The topological polar surface area (TPSA) is 66.3 Å². The number of rotatable bonds is 5. The minimum absolute atomic E-state index is 0.0577. The van der Waals surface area contributed by atoms with E-state index in [1.54, 1.807) is 4.90 Å². The van der Waals surface area contributed by atoms with Gasteiger partial charge in [0.2, 0.25) is 0 Å². The number of para-hydroxylation sites is 2. The van der Waals surface area contributed by atoms with Crippen LogP contribution >= 0.6 is 0 Å². The van der Waals surface area contributed by atoms with Crippen LogP contribution in [0.15, 0.2) is 30.5 Å². The van der Waals surface area contributed by atoms with Gasteiger partial charge < -0.3 is 10.0 Å². The van der Waals surface area contributed by atoms with Crippen LogP contribution in [0, 0.1) is 0 Å². The monoisotopic (exact) mass is 273 g/mol. The van der Waals surface area contributed by atoms with Crippen molar-refractivity contribution in [3.8, 4) is 0 Å². The molecule has 0 aliphatic rings. The number of carbonyl (C=O) groups is 1. The Morgan fingerprint density at radius 3 is 2.65 bits per heavy atom. The molecule has 1 N–H and O–H groups in total. The largest absolute Gasteiger partial charge is 0.396 e. The number of hydrogen-bond acceptors (Lipinski definition) is 4. The van der Waals surface area contributed by atoms with Crippen LogP contribution in [0.25, 0.3) is 11.0 Å². The van der Waals surface area contributed by atoms with Gasteiger partial charge in [0, 0.05) is 19.2 Å². The van der Waals surface area contributed by atoms with Gasteiger partial charge in [0.15, 0.2) is 0 Å². The van der Waals surface area contributed by atoms with Crippen LogP contribution in [0.3, 0.4) is 0 Å². The molecule has 5 heteroatoms. The Morgan fingerprint density at radius 1 is 1.30 bits per heavy atom. The van der Waals surface area contributed by atoms with E-state index in [-0.39, 0.29) is 18.6 Å². The molecule has 5 nitrogen and oxygen atoms in total. The fraction of sp³-hybridized carbons (Fsp3) is 0.400. The van der Waals surface area contributed by atoms with Crippen molar-refractivity contribution in [3.05, 3.63) is 36.2 Å². The molecular formula is C15H19N3O2. The van der Waals surface area contributed by atoms with Crippen molar-refractivity contribution >= 4 is 16.9 Å².